The highest BCUT2D eigenvalue weighted by Crippen LogP contribution is 2.37. The van der Waals surface area contributed by atoms with Crippen molar-refractivity contribution in [1.82, 2.24) is 4.98 Å². The Morgan fingerprint density at radius 2 is 1.50 bits per heavy atom. The number of amides is 1. The van der Waals surface area contributed by atoms with E-state index >= 15 is 0 Å². The minimum absolute atomic E-state index is 0.268. The van der Waals surface area contributed by atoms with Crippen LogP contribution in [0.5, 0.6) is 0 Å². The van der Waals surface area contributed by atoms with Crippen LogP contribution in [-0.4, -0.2) is 16.1 Å². The number of thioether (sulfide) groups is 1. The van der Waals surface area contributed by atoms with E-state index in [1.807, 2.05) is 60.7 Å². The molecule has 3 aromatic carbocycles. The molecule has 0 aliphatic rings. The Kier molecular flexibility index (Phi) is 7.11. The number of benzene rings is 3. The predicted octanol–water partition coefficient (Wildman–Crippen LogP) is 8.09. The van der Waals surface area contributed by atoms with Crippen LogP contribution < -0.4 is 5.32 Å². The number of hydrogen-bond acceptors (Lipinski definition) is 4. The first-order valence-corrected chi connectivity index (χ1v) is 11.7. The van der Waals surface area contributed by atoms with Crippen LogP contribution in [0.15, 0.2) is 82.4 Å². The van der Waals surface area contributed by atoms with Gasteiger partial charge in [-0.2, -0.15) is 0 Å². The van der Waals surface area contributed by atoms with Crippen molar-refractivity contribution >= 4 is 58.2 Å². The van der Waals surface area contributed by atoms with E-state index in [1.165, 1.54) is 23.9 Å². The summed E-state index contributed by atoms with van der Waals surface area (Å²) in [6, 6.07) is 22.5. The van der Waals surface area contributed by atoms with Crippen LogP contribution in [0.3, 0.4) is 0 Å². The van der Waals surface area contributed by atoms with Gasteiger partial charge in [0, 0.05) is 11.1 Å². The van der Waals surface area contributed by atoms with Gasteiger partial charge < -0.3 is 9.73 Å². The predicted molar refractivity (Wildman–Crippen MR) is 133 cm³/mol. The van der Waals surface area contributed by atoms with Crippen molar-refractivity contribution in [2.24, 2.45) is 0 Å². The molecule has 1 heterocycles. The second kappa shape index (κ2) is 10.0. The summed E-state index contributed by atoms with van der Waals surface area (Å²) in [6.45, 7) is 1.76. The van der Waals surface area contributed by atoms with Crippen molar-refractivity contribution in [3.63, 3.8) is 0 Å². The number of oxazole rings is 1. The summed E-state index contributed by atoms with van der Waals surface area (Å²) in [5, 5.41) is 3.59. The smallest absolute Gasteiger partial charge is 0.257 e. The molecule has 4 rings (SSSR count). The fraction of sp³-hybridized carbons (Fsp3) is 0.0833. The number of anilines is 1. The quantitative estimate of drug-likeness (QED) is 0.213. The molecule has 0 radical (unpaired) electrons. The Hall–Kier alpha value is -2.44. The minimum atomic E-state index is -0.508. The van der Waals surface area contributed by atoms with Crippen molar-refractivity contribution in [2.45, 2.75) is 17.4 Å². The normalized spacial score (nSPS) is 11.9. The maximum absolute atomic E-state index is 12.8. The first-order chi connectivity index (χ1) is 15.4. The summed E-state index contributed by atoms with van der Waals surface area (Å²) in [7, 11) is 0. The number of carbonyl (C=O) groups is 1. The molecular formula is C24H17Cl3N2O2S. The van der Waals surface area contributed by atoms with E-state index in [1.54, 1.807) is 6.92 Å². The van der Waals surface area contributed by atoms with Crippen molar-refractivity contribution in [1.29, 1.82) is 0 Å². The molecule has 0 saturated heterocycles. The van der Waals surface area contributed by atoms with Gasteiger partial charge in [-0.25, -0.2) is 4.98 Å². The van der Waals surface area contributed by atoms with E-state index in [9.17, 15) is 4.79 Å². The van der Waals surface area contributed by atoms with Crippen LogP contribution in [0.25, 0.3) is 22.6 Å². The molecular weight excluding hydrogens is 487 g/mol. The molecule has 1 atom stereocenters. The summed E-state index contributed by atoms with van der Waals surface area (Å²) in [4.78, 5) is 17.4. The van der Waals surface area contributed by atoms with Crippen molar-refractivity contribution in [3.05, 3.63) is 87.9 Å². The number of halogens is 3. The molecule has 8 heteroatoms. The summed E-state index contributed by atoms with van der Waals surface area (Å²) < 4.78 is 6.09. The van der Waals surface area contributed by atoms with Crippen molar-refractivity contribution in [3.8, 4) is 22.6 Å². The van der Waals surface area contributed by atoms with Gasteiger partial charge in [0.2, 0.25) is 5.91 Å². The SMILES string of the molecule is C[C@@H](Sc1nc(-c2ccccc2)c(-c2ccccc2)o1)C(=O)Nc1cc(Cl)c(Cl)cc1Cl. The molecule has 0 saturated carbocycles. The van der Waals surface area contributed by atoms with E-state index in [2.05, 4.69) is 10.3 Å². The number of carbonyl (C=O) groups excluding carboxylic acids is 1. The molecule has 0 unspecified atom stereocenters. The molecule has 1 N–H and O–H groups in total. The largest absolute Gasteiger partial charge is 0.431 e. The topological polar surface area (TPSA) is 55.1 Å². The molecule has 32 heavy (non-hydrogen) atoms. The monoisotopic (exact) mass is 502 g/mol. The van der Waals surface area contributed by atoms with Gasteiger partial charge in [-0.3, -0.25) is 4.79 Å². The van der Waals surface area contributed by atoms with E-state index in [0.717, 1.165) is 16.8 Å². The third-order valence-electron chi connectivity index (χ3n) is 4.61. The number of rotatable bonds is 6. The Bertz CT molecular complexity index is 1190. The molecule has 1 aromatic heterocycles. The van der Waals surface area contributed by atoms with Gasteiger partial charge in [0.1, 0.15) is 5.69 Å². The zero-order valence-electron chi connectivity index (χ0n) is 16.8. The van der Waals surface area contributed by atoms with Crippen LogP contribution in [0.1, 0.15) is 6.92 Å². The Balaban J connectivity index is 1.58. The highest BCUT2D eigenvalue weighted by atomic mass is 35.5. The average Bonchev–Trinajstić information content (AvgIpc) is 3.22. The standard InChI is InChI=1S/C24H17Cl3N2O2S/c1-14(23(30)28-20-13-18(26)17(25)12-19(20)27)32-24-29-21(15-8-4-2-5-9-15)22(31-24)16-10-6-3-7-11-16/h2-14H,1H3,(H,28,30)/t14-/m1/s1. The zero-order chi connectivity index (χ0) is 22.7. The average molecular weight is 504 g/mol. The summed E-state index contributed by atoms with van der Waals surface area (Å²) in [5.41, 5.74) is 2.95. The van der Waals surface area contributed by atoms with Gasteiger partial charge in [0.15, 0.2) is 5.76 Å². The van der Waals surface area contributed by atoms with Gasteiger partial charge in [-0.05, 0) is 19.1 Å². The van der Waals surface area contributed by atoms with Crippen LogP contribution in [0, 0.1) is 0 Å². The number of nitrogens with one attached hydrogen (secondary N) is 1. The fourth-order valence-electron chi connectivity index (χ4n) is 2.99. The Labute approximate surface area is 204 Å². The number of nitrogens with zero attached hydrogens (tertiary/aromatic N) is 1. The molecule has 1 amide bonds. The van der Waals surface area contributed by atoms with Gasteiger partial charge in [-0.15, -0.1) is 0 Å². The van der Waals surface area contributed by atoms with Crippen molar-refractivity contribution < 1.29 is 9.21 Å². The maximum atomic E-state index is 12.8. The second-order valence-electron chi connectivity index (χ2n) is 6.89. The van der Waals surface area contributed by atoms with Crippen molar-refractivity contribution in [2.75, 3.05) is 5.32 Å². The van der Waals surface area contributed by atoms with E-state index in [4.69, 9.17) is 39.2 Å². The van der Waals surface area contributed by atoms with Crippen LogP contribution in [0.2, 0.25) is 15.1 Å². The number of aromatic nitrogens is 1. The minimum Gasteiger partial charge on any atom is -0.431 e. The Morgan fingerprint density at radius 1 is 0.906 bits per heavy atom. The maximum Gasteiger partial charge on any atom is 0.257 e. The molecule has 0 spiro atoms. The van der Waals surface area contributed by atoms with Crippen LogP contribution in [0.4, 0.5) is 5.69 Å². The molecule has 162 valence electrons. The molecule has 4 aromatic rings. The van der Waals surface area contributed by atoms with E-state index in [-0.39, 0.29) is 5.91 Å². The summed E-state index contributed by atoms with van der Waals surface area (Å²) in [5.74, 6) is 0.385. The lowest BCUT2D eigenvalue weighted by Crippen LogP contribution is -2.22. The third-order valence-corrected chi connectivity index (χ3v) is 6.58. The zero-order valence-corrected chi connectivity index (χ0v) is 19.9. The third kappa shape index (κ3) is 5.13. The summed E-state index contributed by atoms with van der Waals surface area (Å²) >= 11 is 19.4. The van der Waals surface area contributed by atoms with E-state index < -0.39 is 5.25 Å². The summed E-state index contributed by atoms with van der Waals surface area (Å²) in [6.07, 6.45) is 0. The Morgan fingerprint density at radius 3 is 2.16 bits per heavy atom. The lowest BCUT2D eigenvalue weighted by Gasteiger charge is -2.12. The lowest BCUT2D eigenvalue weighted by atomic mass is 10.1. The van der Waals surface area contributed by atoms with Gasteiger partial charge >= 0.3 is 0 Å². The first-order valence-electron chi connectivity index (χ1n) is 9.66. The molecule has 0 aliphatic carbocycles. The highest BCUT2D eigenvalue weighted by molar-refractivity contribution is 8.00. The highest BCUT2D eigenvalue weighted by Gasteiger charge is 2.22. The first kappa shape index (κ1) is 22.7. The fourth-order valence-corrected chi connectivity index (χ4v) is 4.32. The molecule has 0 fully saturated rings. The molecule has 0 aliphatic heterocycles. The van der Waals surface area contributed by atoms with Gasteiger partial charge in [0.05, 0.1) is 26.0 Å². The van der Waals surface area contributed by atoms with E-state index in [0.29, 0.717) is 31.7 Å². The van der Waals surface area contributed by atoms with Gasteiger partial charge in [0.25, 0.3) is 5.22 Å². The lowest BCUT2D eigenvalue weighted by molar-refractivity contribution is -0.115. The second-order valence-corrected chi connectivity index (χ2v) is 9.40. The molecule has 0 bridgehead atoms. The molecule has 4 nitrogen and oxygen atoms in total. The van der Waals surface area contributed by atoms with Crippen LogP contribution >= 0.6 is 46.6 Å². The van der Waals surface area contributed by atoms with Crippen LogP contribution in [-0.2, 0) is 4.79 Å². The van der Waals surface area contributed by atoms with Gasteiger partial charge in [-0.1, -0.05) is 107 Å². The number of hydrogen-bond donors (Lipinski definition) is 1.